The van der Waals surface area contributed by atoms with Crippen LogP contribution in [0, 0.1) is 6.92 Å². The van der Waals surface area contributed by atoms with Crippen molar-refractivity contribution in [1.29, 1.82) is 0 Å². The SMILES string of the molecule is Cc1cncc2cccc(S(=O)(=O)N3CCCNCC3CCCCN)c12. The highest BCUT2D eigenvalue weighted by molar-refractivity contribution is 7.89. The monoisotopic (exact) mass is 376 g/mol. The standard InChI is InChI=1S/C19H28N4O2S/c1-15-12-22-13-16-6-4-8-18(19(15)16)26(24,25)23-11-5-10-21-14-17(23)7-2-3-9-20/h4,6,8,12-13,17,21H,2-3,5,7,9-11,14,20H2,1H3. The summed E-state index contributed by atoms with van der Waals surface area (Å²) in [6, 6.07) is 5.40. The Hall–Kier alpha value is -1.54. The van der Waals surface area contributed by atoms with E-state index in [4.69, 9.17) is 5.73 Å². The van der Waals surface area contributed by atoms with Crippen LogP contribution in [0.25, 0.3) is 10.8 Å². The Morgan fingerprint density at radius 2 is 2.15 bits per heavy atom. The maximum absolute atomic E-state index is 13.6. The molecule has 7 heteroatoms. The van der Waals surface area contributed by atoms with Crippen LogP contribution in [-0.4, -0.2) is 49.9 Å². The Bertz CT molecular complexity index is 848. The number of sulfonamides is 1. The summed E-state index contributed by atoms with van der Waals surface area (Å²) in [7, 11) is -3.59. The lowest BCUT2D eigenvalue weighted by Crippen LogP contribution is -2.43. The molecule has 3 rings (SSSR count). The van der Waals surface area contributed by atoms with Gasteiger partial charge in [0.2, 0.25) is 10.0 Å². The highest BCUT2D eigenvalue weighted by Gasteiger charge is 2.33. The topological polar surface area (TPSA) is 88.3 Å². The molecule has 1 aliphatic heterocycles. The molecule has 3 N–H and O–H groups in total. The van der Waals surface area contributed by atoms with E-state index in [1.807, 2.05) is 13.0 Å². The molecule has 1 aliphatic rings. The summed E-state index contributed by atoms with van der Waals surface area (Å²) < 4.78 is 28.9. The summed E-state index contributed by atoms with van der Waals surface area (Å²) in [6.45, 7) is 4.63. The Labute approximate surface area is 155 Å². The molecule has 0 radical (unpaired) electrons. The van der Waals surface area contributed by atoms with Crippen LogP contribution in [0.3, 0.4) is 0 Å². The number of aromatic nitrogens is 1. The number of nitrogens with one attached hydrogen (secondary N) is 1. The number of fused-ring (bicyclic) bond motifs is 1. The molecule has 1 unspecified atom stereocenters. The number of aryl methyl sites for hydroxylation is 1. The molecule has 1 atom stereocenters. The molecule has 1 fully saturated rings. The largest absolute Gasteiger partial charge is 0.330 e. The molecule has 2 heterocycles. The fourth-order valence-electron chi connectivity index (χ4n) is 3.71. The van der Waals surface area contributed by atoms with Gasteiger partial charge in [0.05, 0.1) is 4.90 Å². The molecule has 1 aromatic carbocycles. The summed E-state index contributed by atoms with van der Waals surface area (Å²) in [5, 5.41) is 5.02. The van der Waals surface area contributed by atoms with Crippen LogP contribution in [0.5, 0.6) is 0 Å². The van der Waals surface area contributed by atoms with Gasteiger partial charge in [0.25, 0.3) is 0 Å². The first-order chi connectivity index (χ1) is 12.6. The fourth-order valence-corrected chi connectivity index (χ4v) is 5.69. The molecule has 2 aromatic rings. The van der Waals surface area contributed by atoms with Crippen molar-refractivity contribution < 1.29 is 8.42 Å². The van der Waals surface area contributed by atoms with Gasteiger partial charge in [-0.2, -0.15) is 4.31 Å². The van der Waals surface area contributed by atoms with E-state index in [0.29, 0.717) is 24.5 Å². The molecule has 0 bridgehead atoms. The molecule has 0 spiro atoms. The van der Waals surface area contributed by atoms with E-state index in [1.165, 1.54) is 0 Å². The molecular formula is C19H28N4O2S. The Balaban J connectivity index is 2.02. The molecule has 6 nitrogen and oxygen atoms in total. The Kier molecular flexibility index (Phi) is 6.24. The molecule has 1 aromatic heterocycles. The summed E-state index contributed by atoms with van der Waals surface area (Å²) in [5.74, 6) is 0. The van der Waals surface area contributed by atoms with Gasteiger partial charge in [-0.25, -0.2) is 8.42 Å². The lowest BCUT2D eigenvalue weighted by atomic mass is 10.1. The second-order valence-electron chi connectivity index (χ2n) is 6.92. The molecule has 1 saturated heterocycles. The zero-order chi connectivity index (χ0) is 18.6. The van der Waals surface area contributed by atoms with Crippen molar-refractivity contribution in [3.63, 3.8) is 0 Å². The summed E-state index contributed by atoms with van der Waals surface area (Å²) in [5.41, 5.74) is 6.50. The fraction of sp³-hybridized carbons (Fsp3) is 0.526. The Morgan fingerprint density at radius 1 is 1.31 bits per heavy atom. The van der Waals surface area contributed by atoms with Crippen molar-refractivity contribution in [3.05, 3.63) is 36.2 Å². The molecule has 0 aliphatic carbocycles. The maximum Gasteiger partial charge on any atom is 0.243 e. The predicted molar refractivity (Wildman–Crippen MR) is 105 cm³/mol. The van der Waals surface area contributed by atoms with E-state index >= 15 is 0 Å². The van der Waals surface area contributed by atoms with Crippen molar-refractivity contribution in [3.8, 4) is 0 Å². The first-order valence-corrected chi connectivity index (χ1v) is 10.8. The third-order valence-corrected chi connectivity index (χ3v) is 7.03. The van der Waals surface area contributed by atoms with Gasteiger partial charge in [0.15, 0.2) is 0 Å². The molecule has 26 heavy (non-hydrogen) atoms. The van der Waals surface area contributed by atoms with Gasteiger partial charge < -0.3 is 11.1 Å². The quantitative estimate of drug-likeness (QED) is 0.753. The number of unbranched alkanes of at least 4 members (excludes halogenated alkanes) is 1. The van der Waals surface area contributed by atoms with Gasteiger partial charge in [0, 0.05) is 42.3 Å². The number of rotatable bonds is 6. The summed E-state index contributed by atoms with van der Waals surface area (Å²) in [6.07, 6.45) is 6.96. The zero-order valence-electron chi connectivity index (χ0n) is 15.3. The minimum Gasteiger partial charge on any atom is -0.330 e. The highest BCUT2D eigenvalue weighted by atomic mass is 32.2. The number of hydrogen-bond donors (Lipinski definition) is 2. The van der Waals surface area contributed by atoms with Gasteiger partial charge in [-0.05, 0) is 50.9 Å². The van der Waals surface area contributed by atoms with Crippen LogP contribution in [-0.2, 0) is 10.0 Å². The number of pyridine rings is 1. The molecular weight excluding hydrogens is 348 g/mol. The van der Waals surface area contributed by atoms with Gasteiger partial charge in [0.1, 0.15) is 0 Å². The van der Waals surface area contributed by atoms with Crippen molar-refractivity contribution in [2.24, 2.45) is 5.73 Å². The zero-order valence-corrected chi connectivity index (χ0v) is 16.1. The van der Waals surface area contributed by atoms with E-state index in [9.17, 15) is 8.42 Å². The smallest absolute Gasteiger partial charge is 0.243 e. The van der Waals surface area contributed by atoms with Gasteiger partial charge >= 0.3 is 0 Å². The average molecular weight is 377 g/mol. The first-order valence-electron chi connectivity index (χ1n) is 9.31. The Morgan fingerprint density at radius 3 is 2.96 bits per heavy atom. The van der Waals surface area contributed by atoms with Crippen molar-refractivity contribution in [2.45, 2.75) is 43.5 Å². The van der Waals surface area contributed by atoms with Crippen LogP contribution < -0.4 is 11.1 Å². The number of nitrogens with two attached hydrogens (primary N) is 1. The van der Waals surface area contributed by atoms with E-state index in [1.54, 1.807) is 28.8 Å². The van der Waals surface area contributed by atoms with Crippen LogP contribution >= 0.6 is 0 Å². The molecule has 0 amide bonds. The number of benzene rings is 1. The summed E-state index contributed by atoms with van der Waals surface area (Å²) in [4.78, 5) is 4.59. The third kappa shape index (κ3) is 3.91. The van der Waals surface area contributed by atoms with Crippen molar-refractivity contribution >= 4 is 20.8 Å². The maximum atomic E-state index is 13.6. The van der Waals surface area contributed by atoms with E-state index in [-0.39, 0.29) is 6.04 Å². The lowest BCUT2D eigenvalue weighted by Gasteiger charge is -2.29. The second kappa shape index (κ2) is 8.43. The van der Waals surface area contributed by atoms with E-state index < -0.39 is 10.0 Å². The average Bonchev–Trinajstić information content (AvgIpc) is 2.88. The lowest BCUT2D eigenvalue weighted by molar-refractivity contribution is 0.313. The summed E-state index contributed by atoms with van der Waals surface area (Å²) >= 11 is 0. The number of nitrogens with zero attached hydrogens (tertiary/aromatic N) is 2. The predicted octanol–water partition coefficient (Wildman–Crippen LogP) is 2.02. The van der Waals surface area contributed by atoms with Crippen LogP contribution in [0.4, 0.5) is 0 Å². The molecule has 0 saturated carbocycles. The minimum atomic E-state index is -3.59. The molecule has 142 valence electrons. The third-order valence-electron chi connectivity index (χ3n) is 5.03. The van der Waals surface area contributed by atoms with E-state index in [2.05, 4.69) is 10.3 Å². The van der Waals surface area contributed by atoms with E-state index in [0.717, 1.165) is 48.6 Å². The second-order valence-corrected chi connectivity index (χ2v) is 8.78. The highest BCUT2D eigenvalue weighted by Crippen LogP contribution is 2.30. The first kappa shape index (κ1) is 19.2. The van der Waals surface area contributed by atoms with Gasteiger partial charge in [-0.15, -0.1) is 0 Å². The van der Waals surface area contributed by atoms with Crippen LogP contribution in [0.1, 0.15) is 31.2 Å². The number of hydrogen-bond acceptors (Lipinski definition) is 5. The van der Waals surface area contributed by atoms with Crippen molar-refractivity contribution in [1.82, 2.24) is 14.6 Å². The normalized spacial score (nSPS) is 19.5. The van der Waals surface area contributed by atoms with Gasteiger partial charge in [-0.1, -0.05) is 18.6 Å². The van der Waals surface area contributed by atoms with Crippen LogP contribution in [0.15, 0.2) is 35.5 Å². The van der Waals surface area contributed by atoms with Gasteiger partial charge in [-0.3, -0.25) is 4.98 Å². The van der Waals surface area contributed by atoms with Crippen molar-refractivity contribution in [2.75, 3.05) is 26.2 Å². The minimum absolute atomic E-state index is 0.0357. The van der Waals surface area contributed by atoms with Crippen LogP contribution in [0.2, 0.25) is 0 Å².